The second-order valence-corrected chi connectivity index (χ2v) is 6.26. The Labute approximate surface area is 111 Å². The number of benzene rings is 1. The van der Waals surface area contributed by atoms with E-state index in [1.807, 2.05) is 0 Å². The quantitative estimate of drug-likeness (QED) is 0.722. The second kappa shape index (κ2) is 5.18. The summed E-state index contributed by atoms with van der Waals surface area (Å²) >= 11 is 0. The summed E-state index contributed by atoms with van der Waals surface area (Å²) in [6, 6.07) is 6.00. The molecule has 1 aromatic rings. The molecule has 0 radical (unpaired) electrons. The number of rotatable bonds is 6. The van der Waals surface area contributed by atoms with Crippen LogP contribution in [-0.2, 0) is 14.8 Å². The molecule has 0 aromatic heterocycles. The van der Waals surface area contributed by atoms with E-state index in [0.717, 1.165) is 12.8 Å². The fourth-order valence-corrected chi connectivity index (χ4v) is 2.76. The van der Waals surface area contributed by atoms with Crippen LogP contribution in [0.3, 0.4) is 0 Å². The first-order valence-electron chi connectivity index (χ1n) is 5.98. The number of nitrogens with two attached hydrogens (primary N) is 1. The number of primary sulfonamides is 1. The number of anilines is 1. The van der Waals surface area contributed by atoms with Crippen LogP contribution in [0.15, 0.2) is 29.2 Å². The van der Waals surface area contributed by atoms with Gasteiger partial charge in [0, 0.05) is 6.04 Å². The van der Waals surface area contributed by atoms with Gasteiger partial charge in [0.25, 0.3) is 0 Å². The van der Waals surface area contributed by atoms with Crippen molar-refractivity contribution in [1.82, 2.24) is 0 Å². The van der Waals surface area contributed by atoms with E-state index in [9.17, 15) is 13.2 Å². The van der Waals surface area contributed by atoms with Crippen LogP contribution in [-0.4, -0.2) is 25.5 Å². The average molecular weight is 284 g/mol. The highest BCUT2D eigenvalue weighted by atomic mass is 32.2. The molecule has 0 spiro atoms. The maximum Gasteiger partial charge on any atom is 0.305 e. The number of hydrogen-bond donors (Lipinski definition) is 3. The Morgan fingerprint density at radius 2 is 2.05 bits per heavy atom. The second-order valence-electron chi connectivity index (χ2n) is 4.73. The summed E-state index contributed by atoms with van der Waals surface area (Å²) in [4.78, 5) is 10.8. The highest BCUT2D eigenvalue weighted by molar-refractivity contribution is 7.89. The van der Waals surface area contributed by atoms with Crippen LogP contribution < -0.4 is 10.5 Å². The fraction of sp³-hybridized carbons (Fsp3) is 0.417. The molecule has 6 nitrogen and oxygen atoms in total. The van der Waals surface area contributed by atoms with Crippen molar-refractivity contribution in [2.75, 3.05) is 5.32 Å². The number of aliphatic carboxylic acids is 1. The molecule has 0 saturated heterocycles. The predicted molar refractivity (Wildman–Crippen MR) is 70.2 cm³/mol. The minimum absolute atomic E-state index is 0.00830. The smallest absolute Gasteiger partial charge is 0.305 e. The van der Waals surface area contributed by atoms with E-state index in [2.05, 4.69) is 5.32 Å². The van der Waals surface area contributed by atoms with Crippen molar-refractivity contribution in [1.29, 1.82) is 0 Å². The van der Waals surface area contributed by atoms with Gasteiger partial charge in [-0.05, 0) is 30.9 Å². The lowest BCUT2D eigenvalue weighted by molar-refractivity contribution is -0.137. The SMILES string of the molecule is NS(=O)(=O)c1ccccc1NC(CC(=O)O)C1CC1. The first-order chi connectivity index (χ1) is 8.88. The molecule has 1 unspecified atom stereocenters. The molecule has 1 aliphatic rings. The number of hydrogen-bond acceptors (Lipinski definition) is 4. The number of carboxylic acids is 1. The predicted octanol–water partition coefficient (Wildman–Crippen LogP) is 0.999. The highest BCUT2D eigenvalue weighted by Crippen LogP contribution is 2.36. The standard InChI is InChI=1S/C12H16N2O4S/c13-19(17,18)11-4-2-1-3-9(11)14-10(7-12(15)16)8-5-6-8/h1-4,8,10,14H,5-7H2,(H,15,16)(H2,13,17,18). The topological polar surface area (TPSA) is 109 Å². The molecule has 0 amide bonds. The number of carboxylic acid groups (broad SMARTS) is 1. The molecule has 0 heterocycles. The van der Waals surface area contributed by atoms with Crippen LogP contribution in [0.4, 0.5) is 5.69 Å². The first kappa shape index (κ1) is 13.8. The summed E-state index contributed by atoms with van der Waals surface area (Å²) in [5.74, 6) is -0.623. The molecule has 1 aromatic carbocycles. The van der Waals surface area contributed by atoms with Gasteiger partial charge in [-0.1, -0.05) is 12.1 Å². The van der Waals surface area contributed by atoms with Crippen molar-refractivity contribution in [2.24, 2.45) is 11.1 Å². The summed E-state index contributed by atoms with van der Waals surface area (Å²) < 4.78 is 22.9. The molecule has 1 atom stereocenters. The van der Waals surface area contributed by atoms with Crippen LogP contribution in [0, 0.1) is 5.92 Å². The normalized spacial score (nSPS) is 16.9. The Bertz CT molecular complexity index is 581. The zero-order valence-corrected chi connectivity index (χ0v) is 11.1. The molecule has 4 N–H and O–H groups in total. The van der Waals surface area contributed by atoms with Gasteiger partial charge in [0.15, 0.2) is 0 Å². The monoisotopic (exact) mass is 284 g/mol. The van der Waals surface area contributed by atoms with Gasteiger partial charge in [0.05, 0.1) is 12.1 Å². The van der Waals surface area contributed by atoms with Crippen molar-refractivity contribution >= 4 is 21.7 Å². The van der Waals surface area contributed by atoms with E-state index in [0.29, 0.717) is 5.69 Å². The zero-order valence-electron chi connectivity index (χ0n) is 10.2. The average Bonchev–Trinajstić information content (AvgIpc) is 3.10. The molecule has 7 heteroatoms. The summed E-state index contributed by atoms with van der Waals surface area (Å²) in [6.45, 7) is 0. The molecule has 1 aliphatic carbocycles. The lowest BCUT2D eigenvalue weighted by atomic mass is 10.1. The van der Waals surface area contributed by atoms with E-state index < -0.39 is 16.0 Å². The maximum absolute atomic E-state index is 11.5. The van der Waals surface area contributed by atoms with Crippen molar-refractivity contribution in [3.05, 3.63) is 24.3 Å². The molecular formula is C12H16N2O4S. The Morgan fingerprint density at radius 1 is 1.42 bits per heavy atom. The molecule has 104 valence electrons. The zero-order chi connectivity index (χ0) is 14.0. The highest BCUT2D eigenvalue weighted by Gasteiger charge is 2.33. The summed E-state index contributed by atoms with van der Waals surface area (Å²) in [5, 5.41) is 17.0. The van der Waals surface area contributed by atoms with E-state index in [4.69, 9.17) is 10.2 Å². The van der Waals surface area contributed by atoms with Gasteiger partial charge in [-0.3, -0.25) is 4.79 Å². The van der Waals surface area contributed by atoms with Crippen molar-refractivity contribution < 1.29 is 18.3 Å². The third kappa shape index (κ3) is 3.68. The van der Waals surface area contributed by atoms with E-state index in [1.54, 1.807) is 18.2 Å². The number of carbonyl (C=O) groups is 1. The van der Waals surface area contributed by atoms with Gasteiger partial charge >= 0.3 is 5.97 Å². The van der Waals surface area contributed by atoms with Crippen LogP contribution in [0.25, 0.3) is 0 Å². The van der Waals surface area contributed by atoms with Gasteiger partial charge in [-0.2, -0.15) is 0 Å². The Hall–Kier alpha value is -1.60. The van der Waals surface area contributed by atoms with Gasteiger partial charge in [0.2, 0.25) is 10.0 Å². The van der Waals surface area contributed by atoms with Crippen molar-refractivity contribution in [2.45, 2.75) is 30.2 Å². The van der Waals surface area contributed by atoms with Crippen LogP contribution in [0.2, 0.25) is 0 Å². The lowest BCUT2D eigenvalue weighted by Gasteiger charge is -2.19. The van der Waals surface area contributed by atoms with E-state index >= 15 is 0 Å². The summed E-state index contributed by atoms with van der Waals surface area (Å²) in [7, 11) is -3.82. The van der Waals surface area contributed by atoms with E-state index in [1.165, 1.54) is 6.07 Å². The van der Waals surface area contributed by atoms with Gasteiger partial charge < -0.3 is 10.4 Å². The van der Waals surface area contributed by atoms with Crippen molar-refractivity contribution in [3.63, 3.8) is 0 Å². The van der Waals surface area contributed by atoms with E-state index in [-0.39, 0.29) is 23.3 Å². The summed E-state index contributed by atoms with van der Waals surface area (Å²) in [6.07, 6.45) is 1.88. The lowest BCUT2D eigenvalue weighted by Crippen LogP contribution is -2.27. The van der Waals surface area contributed by atoms with Crippen LogP contribution >= 0.6 is 0 Å². The van der Waals surface area contributed by atoms with Crippen molar-refractivity contribution in [3.8, 4) is 0 Å². The molecule has 1 saturated carbocycles. The minimum Gasteiger partial charge on any atom is -0.481 e. The minimum atomic E-state index is -3.82. The fourth-order valence-electron chi connectivity index (χ4n) is 2.06. The molecule has 1 fully saturated rings. The maximum atomic E-state index is 11.5. The van der Waals surface area contributed by atoms with Gasteiger partial charge in [-0.15, -0.1) is 0 Å². The largest absolute Gasteiger partial charge is 0.481 e. The van der Waals surface area contributed by atoms with Gasteiger partial charge in [0.1, 0.15) is 4.90 Å². The number of nitrogens with one attached hydrogen (secondary N) is 1. The first-order valence-corrected chi connectivity index (χ1v) is 7.52. The Balaban J connectivity index is 2.24. The Morgan fingerprint density at radius 3 is 2.58 bits per heavy atom. The number of sulfonamides is 1. The molecule has 19 heavy (non-hydrogen) atoms. The third-order valence-corrected chi connectivity index (χ3v) is 4.09. The molecule has 0 bridgehead atoms. The number of para-hydroxylation sites is 1. The molecule has 2 rings (SSSR count). The third-order valence-electron chi connectivity index (χ3n) is 3.12. The Kier molecular flexibility index (Phi) is 3.77. The summed E-state index contributed by atoms with van der Waals surface area (Å²) in [5.41, 5.74) is 0.364. The van der Waals surface area contributed by atoms with Crippen LogP contribution in [0.1, 0.15) is 19.3 Å². The van der Waals surface area contributed by atoms with Crippen LogP contribution in [0.5, 0.6) is 0 Å². The molecule has 0 aliphatic heterocycles. The molecular weight excluding hydrogens is 268 g/mol. The van der Waals surface area contributed by atoms with Gasteiger partial charge in [-0.25, -0.2) is 13.6 Å².